The van der Waals surface area contributed by atoms with Crippen LogP contribution in [-0.4, -0.2) is 39.4 Å². The molecule has 1 saturated heterocycles. The molecule has 3 aromatic heterocycles. The topological polar surface area (TPSA) is 57.7 Å². The second-order valence-electron chi connectivity index (χ2n) is 9.77. The lowest BCUT2D eigenvalue weighted by atomic mass is 9.77. The molecule has 1 aliphatic carbocycles. The summed E-state index contributed by atoms with van der Waals surface area (Å²) in [6, 6.07) is 10.4. The first kappa shape index (κ1) is 21.6. The minimum absolute atomic E-state index is 0.291. The number of nitrogens with zero attached hydrogens (tertiary/aromatic N) is 4. The third kappa shape index (κ3) is 4.17. The van der Waals surface area contributed by atoms with Gasteiger partial charge in [-0.1, -0.05) is 24.3 Å². The zero-order chi connectivity index (χ0) is 23.3. The smallest absolute Gasteiger partial charge is 0.355 e. The van der Waals surface area contributed by atoms with Crippen molar-refractivity contribution >= 4 is 27.4 Å². The molecule has 2 aliphatic rings. The molecule has 1 aliphatic heterocycles. The zero-order valence-corrected chi connectivity index (χ0v) is 19.3. The highest BCUT2D eigenvalue weighted by molar-refractivity contribution is 7.18. The van der Waals surface area contributed by atoms with Gasteiger partial charge in [-0.15, -0.1) is 11.3 Å². The van der Waals surface area contributed by atoms with Crippen LogP contribution in [0.1, 0.15) is 29.7 Å². The number of alkyl halides is 3. The molecule has 1 spiro atoms. The Morgan fingerprint density at radius 1 is 1.12 bits per heavy atom. The molecule has 6 rings (SSSR count). The molecular weight excluding hydrogens is 459 g/mol. The molecule has 0 bridgehead atoms. The van der Waals surface area contributed by atoms with Gasteiger partial charge in [0.2, 0.25) is 0 Å². The first-order valence-corrected chi connectivity index (χ1v) is 12.3. The predicted octanol–water partition coefficient (Wildman–Crippen LogP) is 6.04. The van der Waals surface area contributed by atoms with E-state index in [1.54, 1.807) is 6.07 Å². The fraction of sp³-hybridized carbons (Fsp3) is 0.400. The molecule has 176 valence electrons. The fourth-order valence-electron chi connectivity index (χ4n) is 5.71. The lowest BCUT2D eigenvalue weighted by Crippen LogP contribution is -2.55. The van der Waals surface area contributed by atoms with E-state index in [2.05, 4.69) is 49.3 Å². The summed E-state index contributed by atoms with van der Waals surface area (Å²) in [6.45, 7) is 1.83. The van der Waals surface area contributed by atoms with Gasteiger partial charge in [0.05, 0.1) is 18.0 Å². The van der Waals surface area contributed by atoms with Crippen molar-refractivity contribution in [3.63, 3.8) is 0 Å². The number of thiophene rings is 1. The fourth-order valence-corrected chi connectivity index (χ4v) is 6.73. The maximum absolute atomic E-state index is 12.8. The number of anilines is 1. The standard InChI is InChI=1S/C25H24F3N5S/c26-25(27,28)10-20-8-21-22(29-15-30-23(21)34-20)33-13-24(14-33)6-5-17(9-24)7-16-1-3-18(4-2-16)19-11-31-32-12-19/h1-4,8,11-12,15,17H,5-7,9-10,13-14H2,(H,31,32)/t17-/m0/s1. The number of halogens is 3. The number of hydrogen-bond acceptors (Lipinski definition) is 5. The average Bonchev–Trinajstić information content (AvgIpc) is 3.51. The van der Waals surface area contributed by atoms with Crippen LogP contribution in [0.2, 0.25) is 0 Å². The average molecular weight is 484 g/mol. The van der Waals surface area contributed by atoms with Gasteiger partial charge in [0.1, 0.15) is 17.0 Å². The molecule has 34 heavy (non-hydrogen) atoms. The Morgan fingerprint density at radius 2 is 1.94 bits per heavy atom. The Labute approximate surface area is 199 Å². The van der Waals surface area contributed by atoms with Crippen molar-refractivity contribution in [2.45, 2.75) is 38.3 Å². The van der Waals surface area contributed by atoms with Crippen LogP contribution < -0.4 is 4.90 Å². The second-order valence-corrected chi connectivity index (χ2v) is 10.9. The van der Waals surface area contributed by atoms with Gasteiger partial charge in [-0.2, -0.15) is 18.3 Å². The number of rotatable bonds is 5. The van der Waals surface area contributed by atoms with Crippen molar-refractivity contribution in [2.24, 2.45) is 11.3 Å². The Hall–Kier alpha value is -2.94. The van der Waals surface area contributed by atoms with E-state index in [1.807, 2.05) is 12.4 Å². The van der Waals surface area contributed by atoms with Gasteiger partial charge in [-0.05, 0) is 48.8 Å². The SMILES string of the molecule is FC(F)(F)Cc1cc2c(N3CC4(CC[C@@H](Cc5ccc(-c6cn[nH]c6)cc5)C4)C3)ncnc2s1. The summed E-state index contributed by atoms with van der Waals surface area (Å²) in [5.74, 6) is 1.44. The highest BCUT2D eigenvalue weighted by Gasteiger charge is 2.48. The minimum Gasteiger partial charge on any atom is -0.355 e. The Balaban J connectivity index is 1.10. The van der Waals surface area contributed by atoms with Crippen molar-refractivity contribution in [2.75, 3.05) is 18.0 Å². The van der Waals surface area contributed by atoms with E-state index >= 15 is 0 Å². The van der Waals surface area contributed by atoms with Gasteiger partial charge in [-0.25, -0.2) is 9.97 Å². The van der Waals surface area contributed by atoms with Crippen LogP contribution in [0.15, 0.2) is 49.1 Å². The molecule has 1 atom stereocenters. The summed E-state index contributed by atoms with van der Waals surface area (Å²) >= 11 is 1.11. The molecular formula is C25H24F3N5S. The van der Waals surface area contributed by atoms with Gasteiger partial charge in [0, 0.05) is 35.1 Å². The number of aromatic nitrogens is 4. The lowest BCUT2D eigenvalue weighted by Gasteiger charge is -2.49. The maximum Gasteiger partial charge on any atom is 0.393 e. The summed E-state index contributed by atoms with van der Waals surface area (Å²) in [5, 5.41) is 7.61. The van der Waals surface area contributed by atoms with Gasteiger partial charge in [0.15, 0.2) is 0 Å². The third-order valence-corrected chi connectivity index (χ3v) is 8.24. The van der Waals surface area contributed by atoms with Crippen LogP contribution in [0.5, 0.6) is 0 Å². The quantitative estimate of drug-likeness (QED) is 0.376. The van der Waals surface area contributed by atoms with Crippen molar-refractivity contribution in [3.8, 4) is 11.1 Å². The number of hydrogen-bond donors (Lipinski definition) is 1. The number of H-pyrrole nitrogens is 1. The zero-order valence-electron chi connectivity index (χ0n) is 18.5. The Kier molecular flexibility index (Phi) is 5.13. The van der Waals surface area contributed by atoms with Crippen molar-refractivity contribution in [1.29, 1.82) is 0 Å². The number of fused-ring (bicyclic) bond motifs is 1. The van der Waals surface area contributed by atoms with Gasteiger partial charge < -0.3 is 4.90 Å². The number of benzene rings is 1. The van der Waals surface area contributed by atoms with E-state index in [1.165, 1.54) is 31.2 Å². The van der Waals surface area contributed by atoms with Crippen LogP contribution in [0.4, 0.5) is 19.0 Å². The largest absolute Gasteiger partial charge is 0.393 e. The molecule has 0 unspecified atom stereocenters. The predicted molar refractivity (Wildman–Crippen MR) is 127 cm³/mol. The van der Waals surface area contributed by atoms with Crippen LogP contribution in [-0.2, 0) is 12.8 Å². The van der Waals surface area contributed by atoms with Gasteiger partial charge in [-0.3, -0.25) is 5.10 Å². The van der Waals surface area contributed by atoms with E-state index in [-0.39, 0.29) is 0 Å². The van der Waals surface area contributed by atoms with Crippen LogP contribution in [0.3, 0.4) is 0 Å². The maximum atomic E-state index is 12.8. The van der Waals surface area contributed by atoms with E-state index in [0.717, 1.165) is 53.2 Å². The first-order chi connectivity index (χ1) is 16.4. The normalized spacial score (nSPS) is 19.7. The molecule has 2 fully saturated rings. The second kappa shape index (κ2) is 8.08. The van der Waals surface area contributed by atoms with E-state index in [0.29, 0.717) is 21.0 Å². The number of nitrogens with one attached hydrogen (secondary N) is 1. The lowest BCUT2D eigenvalue weighted by molar-refractivity contribution is -0.126. The molecule has 0 radical (unpaired) electrons. The summed E-state index contributed by atoms with van der Waals surface area (Å²) in [7, 11) is 0. The highest BCUT2D eigenvalue weighted by atomic mass is 32.1. The number of aromatic amines is 1. The summed E-state index contributed by atoms with van der Waals surface area (Å²) in [4.78, 5) is 11.8. The summed E-state index contributed by atoms with van der Waals surface area (Å²) in [6.07, 6.45) is 4.74. The Morgan fingerprint density at radius 3 is 2.68 bits per heavy atom. The van der Waals surface area contributed by atoms with Gasteiger partial charge in [0.25, 0.3) is 0 Å². The molecule has 9 heteroatoms. The van der Waals surface area contributed by atoms with E-state index in [9.17, 15) is 13.2 Å². The highest BCUT2D eigenvalue weighted by Crippen LogP contribution is 2.51. The Bertz CT molecular complexity index is 1290. The van der Waals surface area contributed by atoms with Crippen molar-refractivity contribution in [3.05, 3.63) is 59.5 Å². The van der Waals surface area contributed by atoms with Crippen LogP contribution in [0.25, 0.3) is 21.3 Å². The third-order valence-electron chi connectivity index (χ3n) is 7.20. The molecule has 1 aromatic carbocycles. The van der Waals surface area contributed by atoms with Crippen molar-refractivity contribution < 1.29 is 13.2 Å². The summed E-state index contributed by atoms with van der Waals surface area (Å²) in [5.41, 5.74) is 3.91. The first-order valence-electron chi connectivity index (χ1n) is 11.5. The minimum atomic E-state index is -4.21. The van der Waals surface area contributed by atoms with E-state index < -0.39 is 12.6 Å². The molecule has 5 nitrogen and oxygen atoms in total. The monoisotopic (exact) mass is 483 g/mol. The summed E-state index contributed by atoms with van der Waals surface area (Å²) < 4.78 is 38.5. The molecule has 4 heterocycles. The van der Waals surface area contributed by atoms with Gasteiger partial charge >= 0.3 is 6.18 Å². The van der Waals surface area contributed by atoms with Crippen molar-refractivity contribution in [1.82, 2.24) is 20.2 Å². The van der Waals surface area contributed by atoms with Crippen LogP contribution >= 0.6 is 11.3 Å². The van der Waals surface area contributed by atoms with E-state index in [4.69, 9.17) is 0 Å². The molecule has 0 amide bonds. The molecule has 1 saturated carbocycles. The molecule has 1 N–H and O–H groups in total. The molecule has 4 aromatic rings. The van der Waals surface area contributed by atoms with Crippen LogP contribution in [0, 0.1) is 11.3 Å².